The van der Waals surface area contributed by atoms with E-state index in [9.17, 15) is 9.90 Å². The van der Waals surface area contributed by atoms with Crippen LogP contribution in [-0.4, -0.2) is 40.1 Å². The second-order valence-electron chi connectivity index (χ2n) is 3.94. The number of aromatic nitrogens is 1. The third-order valence-corrected chi connectivity index (χ3v) is 3.38. The van der Waals surface area contributed by atoms with E-state index in [1.54, 1.807) is 11.0 Å². The molecule has 1 aromatic heterocycles. The highest BCUT2D eigenvalue weighted by Crippen LogP contribution is 2.23. The van der Waals surface area contributed by atoms with Gasteiger partial charge in [0.05, 0.1) is 17.7 Å². The Labute approximate surface area is 109 Å². The van der Waals surface area contributed by atoms with Crippen molar-refractivity contribution in [3.8, 4) is 0 Å². The lowest BCUT2D eigenvalue weighted by atomic mass is 10.2. The summed E-state index contributed by atoms with van der Waals surface area (Å²) >= 11 is 11.7. The molecule has 0 saturated carbocycles. The van der Waals surface area contributed by atoms with Crippen LogP contribution in [0.3, 0.4) is 0 Å². The molecule has 1 aromatic rings. The van der Waals surface area contributed by atoms with Crippen molar-refractivity contribution in [3.05, 3.63) is 28.0 Å². The number of pyridine rings is 1. The van der Waals surface area contributed by atoms with E-state index in [-0.39, 0.29) is 34.4 Å². The summed E-state index contributed by atoms with van der Waals surface area (Å²) < 4.78 is 0. The van der Waals surface area contributed by atoms with Crippen LogP contribution in [-0.2, 0) is 0 Å². The molecule has 1 aliphatic rings. The normalized spacial score (nSPS) is 19.7. The van der Waals surface area contributed by atoms with E-state index in [1.165, 1.54) is 6.07 Å². The SMILES string of the molecule is O=C(c1nc(Cl)ccc1Cl)N1CCC[C@@H]1CO. The summed E-state index contributed by atoms with van der Waals surface area (Å²) in [6.07, 6.45) is 1.69. The molecular weight excluding hydrogens is 263 g/mol. The zero-order chi connectivity index (χ0) is 12.4. The maximum Gasteiger partial charge on any atom is 0.274 e. The van der Waals surface area contributed by atoms with E-state index < -0.39 is 0 Å². The van der Waals surface area contributed by atoms with Crippen molar-refractivity contribution in [3.63, 3.8) is 0 Å². The summed E-state index contributed by atoms with van der Waals surface area (Å²) in [6, 6.07) is 2.95. The average molecular weight is 275 g/mol. The molecule has 92 valence electrons. The van der Waals surface area contributed by atoms with E-state index in [1.807, 2.05) is 0 Å². The molecule has 6 heteroatoms. The smallest absolute Gasteiger partial charge is 0.274 e. The van der Waals surface area contributed by atoms with E-state index >= 15 is 0 Å². The van der Waals surface area contributed by atoms with Gasteiger partial charge in [-0.05, 0) is 25.0 Å². The van der Waals surface area contributed by atoms with Gasteiger partial charge in [-0.15, -0.1) is 0 Å². The number of hydrogen-bond acceptors (Lipinski definition) is 3. The summed E-state index contributed by atoms with van der Waals surface area (Å²) in [4.78, 5) is 17.7. The highest BCUT2D eigenvalue weighted by molar-refractivity contribution is 6.34. The standard InChI is InChI=1S/C11H12Cl2N2O2/c12-8-3-4-9(13)14-10(8)11(17)15-5-1-2-7(15)6-16/h3-4,7,16H,1-2,5-6H2/t7-/m1/s1. The number of amides is 1. The third kappa shape index (κ3) is 2.54. The highest BCUT2D eigenvalue weighted by atomic mass is 35.5. The largest absolute Gasteiger partial charge is 0.394 e. The number of carbonyl (C=O) groups excluding carboxylic acids is 1. The number of carbonyl (C=O) groups is 1. The van der Waals surface area contributed by atoms with Crippen LogP contribution >= 0.6 is 23.2 Å². The van der Waals surface area contributed by atoms with Crippen LogP contribution in [0.25, 0.3) is 0 Å². The molecule has 2 rings (SSSR count). The summed E-state index contributed by atoms with van der Waals surface area (Å²) in [7, 11) is 0. The number of likely N-dealkylation sites (tertiary alicyclic amines) is 1. The molecule has 0 radical (unpaired) electrons. The lowest BCUT2D eigenvalue weighted by Gasteiger charge is -2.22. The van der Waals surface area contributed by atoms with Crippen LogP contribution in [0.5, 0.6) is 0 Å². The van der Waals surface area contributed by atoms with E-state index in [0.717, 1.165) is 12.8 Å². The molecule has 0 spiro atoms. The molecular formula is C11H12Cl2N2O2. The van der Waals surface area contributed by atoms with Gasteiger partial charge in [0.15, 0.2) is 0 Å². The minimum atomic E-state index is -0.269. The van der Waals surface area contributed by atoms with Gasteiger partial charge >= 0.3 is 0 Å². The number of halogens is 2. The molecule has 4 nitrogen and oxygen atoms in total. The van der Waals surface area contributed by atoms with Crippen LogP contribution in [0.1, 0.15) is 23.3 Å². The fourth-order valence-electron chi connectivity index (χ4n) is 2.00. The van der Waals surface area contributed by atoms with Gasteiger partial charge in [0.25, 0.3) is 5.91 Å². The zero-order valence-electron chi connectivity index (χ0n) is 9.07. The molecule has 1 amide bonds. The molecule has 1 aliphatic heterocycles. The average Bonchev–Trinajstić information content (AvgIpc) is 2.79. The van der Waals surface area contributed by atoms with Gasteiger partial charge in [0.2, 0.25) is 0 Å². The molecule has 1 saturated heterocycles. The molecule has 2 heterocycles. The predicted octanol–water partition coefficient (Wildman–Crippen LogP) is 1.99. The maximum absolute atomic E-state index is 12.2. The molecule has 1 N–H and O–H groups in total. The monoisotopic (exact) mass is 274 g/mol. The van der Waals surface area contributed by atoms with Crippen molar-refractivity contribution in [2.45, 2.75) is 18.9 Å². The Morgan fingerprint density at radius 1 is 1.53 bits per heavy atom. The Bertz CT molecular complexity index is 439. The van der Waals surface area contributed by atoms with Gasteiger partial charge in [-0.25, -0.2) is 4.98 Å². The van der Waals surface area contributed by atoms with Gasteiger partial charge in [0, 0.05) is 6.54 Å². The summed E-state index contributed by atoms with van der Waals surface area (Å²) in [5.41, 5.74) is 0.152. The predicted molar refractivity (Wildman–Crippen MR) is 65.4 cm³/mol. The van der Waals surface area contributed by atoms with Crippen molar-refractivity contribution in [2.24, 2.45) is 0 Å². The molecule has 0 aromatic carbocycles. The Balaban J connectivity index is 2.27. The van der Waals surface area contributed by atoms with Crippen LogP contribution in [0.15, 0.2) is 12.1 Å². The van der Waals surface area contributed by atoms with Crippen molar-refractivity contribution < 1.29 is 9.90 Å². The fraction of sp³-hybridized carbons (Fsp3) is 0.455. The van der Waals surface area contributed by atoms with E-state index in [4.69, 9.17) is 23.2 Å². The van der Waals surface area contributed by atoms with Crippen molar-refractivity contribution in [1.29, 1.82) is 0 Å². The first-order chi connectivity index (χ1) is 8.13. The van der Waals surface area contributed by atoms with Gasteiger partial charge in [-0.1, -0.05) is 23.2 Å². The summed E-state index contributed by atoms with van der Waals surface area (Å²) in [6.45, 7) is 0.582. The minimum absolute atomic E-state index is 0.0378. The number of hydrogen-bond donors (Lipinski definition) is 1. The van der Waals surface area contributed by atoms with Crippen LogP contribution in [0, 0.1) is 0 Å². The van der Waals surface area contributed by atoms with Gasteiger partial charge in [-0.3, -0.25) is 4.79 Å². The first-order valence-corrected chi connectivity index (χ1v) is 6.13. The number of rotatable bonds is 2. The van der Waals surface area contributed by atoms with Crippen molar-refractivity contribution in [1.82, 2.24) is 9.88 Å². The molecule has 0 aliphatic carbocycles. The molecule has 1 atom stereocenters. The van der Waals surface area contributed by atoms with Crippen molar-refractivity contribution in [2.75, 3.05) is 13.2 Å². The topological polar surface area (TPSA) is 53.4 Å². The lowest BCUT2D eigenvalue weighted by molar-refractivity contribution is 0.0672. The highest BCUT2D eigenvalue weighted by Gasteiger charge is 2.30. The minimum Gasteiger partial charge on any atom is -0.394 e. The molecule has 0 bridgehead atoms. The Hall–Kier alpha value is -0.840. The second-order valence-corrected chi connectivity index (χ2v) is 4.74. The molecule has 1 fully saturated rings. The number of nitrogens with zero attached hydrogens (tertiary/aromatic N) is 2. The Kier molecular flexibility index (Phi) is 3.86. The van der Waals surface area contributed by atoms with Crippen molar-refractivity contribution >= 4 is 29.1 Å². The Morgan fingerprint density at radius 3 is 3.00 bits per heavy atom. The van der Waals surface area contributed by atoms with Crippen LogP contribution < -0.4 is 0 Å². The van der Waals surface area contributed by atoms with Gasteiger partial charge in [-0.2, -0.15) is 0 Å². The quantitative estimate of drug-likeness (QED) is 0.840. The third-order valence-electron chi connectivity index (χ3n) is 2.86. The van der Waals surface area contributed by atoms with Gasteiger partial charge in [0.1, 0.15) is 10.8 Å². The first-order valence-electron chi connectivity index (χ1n) is 5.37. The lowest BCUT2D eigenvalue weighted by Crippen LogP contribution is -2.38. The second kappa shape index (κ2) is 5.21. The van der Waals surface area contributed by atoms with Gasteiger partial charge < -0.3 is 10.0 Å². The van der Waals surface area contributed by atoms with E-state index in [2.05, 4.69) is 4.98 Å². The number of aliphatic hydroxyl groups excluding tert-OH is 1. The zero-order valence-corrected chi connectivity index (χ0v) is 10.6. The molecule has 0 unspecified atom stereocenters. The van der Waals surface area contributed by atoms with Crippen LogP contribution in [0.4, 0.5) is 0 Å². The summed E-state index contributed by atoms with van der Waals surface area (Å²) in [5.74, 6) is -0.269. The Morgan fingerprint density at radius 2 is 2.29 bits per heavy atom. The van der Waals surface area contributed by atoms with E-state index in [0.29, 0.717) is 6.54 Å². The van der Waals surface area contributed by atoms with Crippen LogP contribution in [0.2, 0.25) is 10.2 Å². The number of aliphatic hydroxyl groups is 1. The maximum atomic E-state index is 12.2. The molecule has 17 heavy (non-hydrogen) atoms. The fourth-order valence-corrected chi connectivity index (χ4v) is 2.33. The summed E-state index contributed by atoms with van der Waals surface area (Å²) in [5, 5.41) is 9.70. The first kappa shape index (κ1) is 12.6.